The molecule has 102 valence electrons. The summed E-state index contributed by atoms with van der Waals surface area (Å²) in [6.45, 7) is 2.22. The van der Waals surface area contributed by atoms with E-state index in [1.165, 1.54) is 5.56 Å². The van der Waals surface area contributed by atoms with E-state index < -0.39 is 0 Å². The topological polar surface area (TPSA) is 55.9 Å². The normalized spacial score (nSPS) is 10.8. The van der Waals surface area contributed by atoms with E-state index in [1.54, 1.807) is 6.20 Å². The molecule has 0 atom stereocenters. The fraction of sp³-hybridized carbons (Fsp3) is 0.200. The predicted octanol–water partition coefficient (Wildman–Crippen LogP) is 2.21. The molecule has 0 saturated heterocycles. The standard InChI is InChI=1S/C15H16N4O/c1-2-4-13(5-3-1)11-19-12-14(9-17-19)8-16-10-15-6-7-18-20-15/h1-7,9,12,16H,8,10-11H2. The molecule has 0 aliphatic rings. The SMILES string of the molecule is c1ccc(Cn2cc(CNCc3ccno3)cn2)cc1. The first kappa shape index (κ1) is 12.6. The quantitative estimate of drug-likeness (QED) is 0.744. The molecule has 5 nitrogen and oxygen atoms in total. The van der Waals surface area contributed by atoms with E-state index in [0.29, 0.717) is 6.54 Å². The molecule has 0 bridgehead atoms. The minimum absolute atomic E-state index is 0.671. The van der Waals surface area contributed by atoms with Crippen LogP contribution in [0, 0.1) is 0 Å². The van der Waals surface area contributed by atoms with E-state index in [-0.39, 0.29) is 0 Å². The van der Waals surface area contributed by atoms with Gasteiger partial charge in [0, 0.05) is 24.4 Å². The maximum atomic E-state index is 5.02. The minimum atomic E-state index is 0.671. The van der Waals surface area contributed by atoms with Crippen LogP contribution in [0.5, 0.6) is 0 Å². The summed E-state index contributed by atoms with van der Waals surface area (Å²) in [5, 5.41) is 11.3. The minimum Gasteiger partial charge on any atom is -0.360 e. The second-order valence-corrected chi connectivity index (χ2v) is 4.61. The Labute approximate surface area is 117 Å². The average molecular weight is 268 g/mol. The molecular formula is C15H16N4O. The molecule has 0 aliphatic heterocycles. The molecule has 2 heterocycles. The van der Waals surface area contributed by atoms with Gasteiger partial charge in [-0.25, -0.2) is 0 Å². The monoisotopic (exact) mass is 268 g/mol. The summed E-state index contributed by atoms with van der Waals surface area (Å²) in [5.41, 5.74) is 2.40. The first-order valence-corrected chi connectivity index (χ1v) is 6.56. The first-order valence-electron chi connectivity index (χ1n) is 6.56. The van der Waals surface area contributed by atoms with Crippen LogP contribution in [-0.4, -0.2) is 14.9 Å². The largest absolute Gasteiger partial charge is 0.360 e. The van der Waals surface area contributed by atoms with Crippen molar-refractivity contribution in [1.29, 1.82) is 0 Å². The van der Waals surface area contributed by atoms with Gasteiger partial charge in [-0.15, -0.1) is 0 Å². The van der Waals surface area contributed by atoms with Crippen molar-refractivity contribution in [2.75, 3.05) is 0 Å². The Hall–Kier alpha value is -2.40. The summed E-state index contributed by atoms with van der Waals surface area (Å²) in [6.07, 6.45) is 5.59. The highest BCUT2D eigenvalue weighted by molar-refractivity contribution is 5.15. The molecule has 3 aromatic rings. The molecule has 0 amide bonds. The Morgan fingerprint density at radius 1 is 1.05 bits per heavy atom. The summed E-state index contributed by atoms with van der Waals surface area (Å²) in [4.78, 5) is 0. The van der Waals surface area contributed by atoms with Crippen LogP contribution in [0.2, 0.25) is 0 Å². The van der Waals surface area contributed by atoms with Crippen molar-refractivity contribution in [3.63, 3.8) is 0 Å². The van der Waals surface area contributed by atoms with Crippen LogP contribution in [0.1, 0.15) is 16.9 Å². The molecule has 0 saturated carbocycles. The maximum absolute atomic E-state index is 5.02. The third-order valence-electron chi connectivity index (χ3n) is 2.99. The third kappa shape index (κ3) is 3.33. The number of benzene rings is 1. The van der Waals surface area contributed by atoms with Gasteiger partial charge < -0.3 is 9.84 Å². The van der Waals surface area contributed by atoms with Gasteiger partial charge in [-0.05, 0) is 5.56 Å². The zero-order chi connectivity index (χ0) is 13.6. The Morgan fingerprint density at radius 2 is 1.95 bits per heavy atom. The molecule has 0 spiro atoms. The van der Waals surface area contributed by atoms with E-state index in [2.05, 4.69) is 33.9 Å². The van der Waals surface area contributed by atoms with Gasteiger partial charge in [-0.3, -0.25) is 4.68 Å². The summed E-state index contributed by atoms with van der Waals surface area (Å²) >= 11 is 0. The van der Waals surface area contributed by atoms with Crippen LogP contribution in [0.4, 0.5) is 0 Å². The summed E-state index contributed by atoms with van der Waals surface area (Å²) in [6, 6.07) is 12.2. The van der Waals surface area contributed by atoms with Gasteiger partial charge in [0.15, 0.2) is 0 Å². The highest BCUT2D eigenvalue weighted by atomic mass is 16.5. The average Bonchev–Trinajstić information content (AvgIpc) is 3.12. The number of hydrogen-bond acceptors (Lipinski definition) is 4. The van der Waals surface area contributed by atoms with E-state index in [4.69, 9.17) is 4.52 Å². The summed E-state index contributed by atoms with van der Waals surface area (Å²) in [7, 11) is 0. The van der Waals surface area contributed by atoms with E-state index in [0.717, 1.165) is 24.4 Å². The second-order valence-electron chi connectivity index (χ2n) is 4.61. The molecule has 0 radical (unpaired) electrons. The van der Waals surface area contributed by atoms with Crippen molar-refractivity contribution in [2.24, 2.45) is 0 Å². The number of nitrogens with zero attached hydrogens (tertiary/aromatic N) is 3. The van der Waals surface area contributed by atoms with Crippen molar-refractivity contribution in [2.45, 2.75) is 19.6 Å². The van der Waals surface area contributed by atoms with E-state index in [9.17, 15) is 0 Å². The molecule has 1 N–H and O–H groups in total. The molecule has 3 rings (SSSR count). The van der Waals surface area contributed by atoms with Crippen LogP contribution < -0.4 is 5.32 Å². The van der Waals surface area contributed by atoms with Gasteiger partial charge in [-0.1, -0.05) is 35.5 Å². The zero-order valence-electron chi connectivity index (χ0n) is 11.1. The Bertz CT molecular complexity index is 631. The molecule has 20 heavy (non-hydrogen) atoms. The van der Waals surface area contributed by atoms with E-state index in [1.807, 2.05) is 35.1 Å². The highest BCUT2D eigenvalue weighted by Crippen LogP contribution is 2.04. The summed E-state index contributed by atoms with van der Waals surface area (Å²) in [5.74, 6) is 0.835. The van der Waals surface area contributed by atoms with Gasteiger partial charge >= 0.3 is 0 Å². The highest BCUT2D eigenvalue weighted by Gasteiger charge is 2.01. The predicted molar refractivity (Wildman–Crippen MR) is 74.8 cm³/mol. The van der Waals surface area contributed by atoms with Gasteiger partial charge in [0.2, 0.25) is 0 Å². The van der Waals surface area contributed by atoms with Gasteiger partial charge in [-0.2, -0.15) is 5.10 Å². The Morgan fingerprint density at radius 3 is 2.75 bits per heavy atom. The fourth-order valence-corrected chi connectivity index (χ4v) is 2.02. The molecular weight excluding hydrogens is 252 g/mol. The van der Waals surface area contributed by atoms with Gasteiger partial charge in [0.1, 0.15) is 5.76 Å². The van der Waals surface area contributed by atoms with Crippen molar-refractivity contribution in [1.82, 2.24) is 20.3 Å². The van der Waals surface area contributed by atoms with Crippen molar-refractivity contribution >= 4 is 0 Å². The molecule has 2 aromatic heterocycles. The van der Waals surface area contributed by atoms with Crippen molar-refractivity contribution < 1.29 is 4.52 Å². The van der Waals surface area contributed by atoms with Crippen LogP contribution in [0.3, 0.4) is 0 Å². The number of aromatic nitrogens is 3. The molecule has 0 aliphatic carbocycles. The lowest BCUT2D eigenvalue weighted by atomic mass is 10.2. The Balaban J connectivity index is 1.52. The van der Waals surface area contributed by atoms with Crippen LogP contribution in [-0.2, 0) is 19.6 Å². The first-order chi connectivity index (χ1) is 9.90. The zero-order valence-corrected chi connectivity index (χ0v) is 11.1. The number of nitrogens with one attached hydrogen (secondary N) is 1. The third-order valence-corrected chi connectivity index (χ3v) is 2.99. The number of rotatable bonds is 6. The van der Waals surface area contributed by atoms with Crippen molar-refractivity contribution in [3.8, 4) is 0 Å². The van der Waals surface area contributed by atoms with Crippen LogP contribution >= 0.6 is 0 Å². The maximum Gasteiger partial charge on any atom is 0.150 e. The lowest BCUT2D eigenvalue weighted by Crippen LogP contribution is -2.11. The van der Waals surface area contributed by atoms with E-state index >= 15 is 0 Å². The summed E-state index contributed by atoms with van der Waals surface area (Å²) < 4.78 is 6.97. The fourth-order valence-electron chi connectivity index (χ4n) is 2.02. The Kier molecular flexibility index (Phi) is 3.89. The lowest BCUT2D eigenvalue weighted by Gasteiger charge is -2.01. The molecule has 5 heteroatoms. The lowest BCUT2D eigenvalue weighted by molar-refractivity contribution is 0.373. The van der Waals surface area contributed by atoms with Crippen molar-refractivity contribution in [3.05, 3.63) is 71.9 Å². The molecule has 1 aromatic carbocycles. The van der Waals surface area contributed by atoms with Gasteiger partial charge in [0.25, 0.3) is 0 Å². The number of hydrogen-bond donors (Lipinski definition) is 1. The van der Waals surface area contributed by atoms with Crippen LogP contribution in [0.15, 0.2) is 59.5 Å². The smallest absolute Gasteiger partial charge is 0.150 e. The molecule has 0 unspecified atom stereocenters. The van der Waals surface area contributed by atoms with Gasteiger partial charge in [0.05, 0.1) is 25.5 Å². The molecule has 0 fully saturated rings. The second kappa shape index (κ2) is 6.16. The van der Waals surface area contributed by atoms with Crippen LogP contribution in [0.25, 0.3) is 0 Å².